The number of rotatable bonds is 10. The van der Waals surface area contributed by atoms with Crippen LogP contribution in [-0.2, 0) is 4.79 Å². The van der Waals surface area contributed by atoms with Gasteiger partial charge in [0.1, 0.15) is 5.75 Å². The first-order chi connectivity index (χ1) is 12.2. The molecule has 0 heterocycles. The molecule has 25 heavy (non-hydrogen) atoms. The van der Waals surface area contributed by atoms with Crippen molar-refractivity contribution in [3.63, 3.8) is 0 Å². The Morgan fingerprint density at radius 2 is 2.12 bits per heavy atom. The van der Waals surface area contributed by atoms with E-state index < -0.39 is 5.97 Å². The zero-order chi connectivity index (χ0) is 17.6. The molecular weight excluding hydrogens is 316 g/mol. The van der Waals surface area contributed by atoms with Gasteiger partial charge in [-0.3, -0.25) is 9.69 Å². The molecule has 0 amide bonds. The number of carboxylic acid groups (broad SMARTS) is 1. The third-order valence-corrected chi connectivity index (χ3v) is 5.12. The number of hydrogen-bond acceptors (Lipinski definition) is 4. The molecule has 3 rings (SSSR count). The molecule has 0 bridgehead atoms. The number of methoxy groups -OCH3 is 1. The van der Waals surface area contributed by atoms with E-state index in [1.165, 1.54) is 12.8 Å². The lowest BCUT2D eigenvalue weighted by molar-refractivity contribution is -0.139. The van der Waals surface area contributed by atoms with Gasteiger partial charge in [0, 0.05) is 30.7 Å². The van der Waals surface area contributed by atoms with Crippen LogP contribution in [0.2, 0.25) is 0 Å². The van der Waals surface area contributed by atoms with Crippen LogP contribution in [-0.4, -0.2) is 54.8 Å². The molecule has 0 unspecified atom stereocenters. The van der Waals surface area contributed by atoms with Crippen molar-refractivity contribution < 1.29 is 14.6 Å². The van der Waals surface area contributed by atoms with Crippen molar-refractivity contribution in [3.05, 3.63) is 35.9 Å². The van der Waals surface area contributed by atoms with Crippen molar-refractivity contribution in [2.45, 2.75) is 37.8 Å². The maximum Gasteiger partial charge on any atom is 0.317 e. The SMILES string of the molecule is COc1ccccc1/C=C/CNC1CC(N(CC(=O)O)CC2CC2)C1. The average molecular weight is 344 g/mol. The van der Waals surface area contributed by atoms with E-state index in [0.29, 0.717) is 12.1 Å². The molecule has 0 aliphatic heterocycles. The molecule has 2 fully saturated rings. The van der Waals surface area contributed by atoms with E-state index in [1.54, 1.807) is 7.11 Å². The van der Waals surface area contributed by atoms with Crippen LogP contribution >= 0.6 is 0 Å². The molecule has 2 saturated carbocycles. The molecule has 0 spiro atoms. The third kappa shape index (κ3) is 5.31. The van der Waals surface area contributed by atoms with E-state index in [9.17, 15) is 4.79 Å². The number of ether oxygens (including phenoxy) is 1. The molecule has 1 aromatic rings. The van der Waals surface area contributed by atoms with Crippen molar-refractivity contribution in [1.29, 1.82) is 0 Å². The van der Waals surface area contributed by atoms with Gasteiger partial charge < -0.3 is 15.2 Å². The molecule has 0 saturated heterocycles. The van der Waals surface area contributed by atoms with E-state index in [-0.39, 0.29) is 6.54 Å². The Labute approximate surface area is 149 Å². The van der Waals surface area contributed by atoms with Crippen molar-refractivity contribution >= 4 is 12.0 Å². The molecule has 5 nitrogen and oxygen atoms in total. The summed E-state index contributed by atoms with van der Waals surface area (Å²) in [6.07, 6.45) is 8.80. The van der Waals surface area contributed by atoms with E-state index >= 15 is 0 Å². The first kappa shape index (κ1) is 18.0. The van der Waals surface area contributed by atoms with Crippen molar-refractivity contribution in [3.8, 4) is 5.75 Å². The molecule has 5 heteroatoms. The molecular formula is C20H28N2O3. The minimum Gasteiger partial charge on any atom is -0.496 e. The van der Waals surface area contributed by atoms with Crippen molar-refractivity contribution in [2.24, 2.45) is 5.92 Å². The Hall–Kier alpha value is -1.85. The lowest BCUT2D eigenvalue weighted by atomic mass is 9.85. The fourth-order valence-electron chi connectivity index (χ4n) is 3.43. The van der Waals surface area contributed by atoms with Gasteiger partial charge in [0.2, 0.25) is 0 Å². The second-order valence-corrected chi connectivity index (χ2v) is 7.14. The Bertz CT molecular complexity index is 607. The van der Waals surface area contributed by atoms with Crippen LogP contribution in [0.25, 0.3) is 6.08 Å². The molecule has 0 radical (unpaired) electrons. The number of para-hydroxylation sites is 1. The quantitative estimate of drug-likeness (QED) is 0.683. The van der Waals surface area contributed by atoms with E-state index in [4.69, 9.17) is 9.84 Å². The van der Waals surface area contributed by atoms with Crippen LogP contribution in [0, 0.1) is 5.92 Å². The first-order valence-corrected chi connectivity index (χ1v) is 9.14. The number of benzene rings is 1. The summed E-state index contributed by atoms with van der Waals surface area (Å²) >= 11 is 0. The largest absolute Gasteiger partial charge is 0.496 e. The van der Waals surface area contributed by atoms with Gasteiger partial charge in [0.15, 0.2) is 0 Å². The fourth-order valence-corrected chi connectivity index (χ4v) is 3.43. The van der Waals surface area contributed by atoms with Crippen LogP contribution < -0.4 is 10.1 Å². The maximum atomic E-state index is 11.1. The Morgan fingerprint density at radius 3 is 2.80 bits per heavy atom. The van der Waals surface area contributed by atoms with Crippen LogP contribution in [0.3, 0.4) is 0 Å². The van der Waals surface area contributed by atoms with Crippen molar-refractivity contribution in [2.75, 3.05) is 26.7 Å². The number of nitrogens with one attached hydrogen (secondary N) is 1. The molecule has 0 aromatic heterocycles. The number of aliphatic carboxylic acids is 1. The molecule has 2 N–H and O–H groups in total. The lowest BCUT2D eigenvalue weighted by Crippen LogP contribution is -2.54. The monoisotopic (exact) mass is 344 g/mol. The summed E-state index contributed by atoms with van der Waals surface area (Å²) in [5.74, 6) is 0.902. The summed E-state index contributed by atoms with van der Waals surface area (Å²) in [6, 6.07) is 8.88. The van der Waals surface area contributed by atoms with Gasteiger partial charge in [-0.15, -0.1) is 0 Å². The van der Waals surface area contributed by atoms with E-state index in [0.717, 1.165) is 43.2 Å². The topological polar surface area (TPSA) is 61.8 Å². The highest BCUT2D eigenvalue weighted by atomic mass is 16.5. The van der Waals surface area contributed by atoms with Crippen molar-refractivity contribution in [1.82, 2.24) is 10.2 Å². The van der Waals surface area contributed by atoms with Crippen LogP contribution in [0.15, 0.2) is 30.3 Å². The highest BCUT2D eigenvalue weighted by Crippen LogP contribution is 2.33. The zero-order valence-electron chi connectivity index (χ0n) is 14.9. The highest BCUT2D eigenvalue weighted by Gasteiger charge is 2.36. The van der Waals surface area contributed by atoms with Gasteiger partial charge in [-0.2, -0.15) is 0 Å². The summed E-state index contributed by atoms with van der Waals surface area (Å²) in [7, 11) is 1.68. The van der Waals surface area contributed by atoms with Gasteiger partial charge in [0.05, 0.1) is 13.7 Å². The number of hydrogen-bond donors (Lipinski definition) is 2. The summed E-state index contributed by atoms with van der Waals surface area (Å²) in [5.41, 5.74) is 1.08. The average Bonchev–Trinajstić information content (AvgIpc) is 3.36. The third-order valence-electron chi connectivity index (χ3n) is 5.12. The number of carboxylic acids is 1. The second-order valence-electron chi connectivity index (χ2n) is 7.14. The minimum atomic E-state index is -0.711. The van der Waals surface area contributed by atoms with E-state index in [2.05, 4.69) is 22.4 Å². The molecule has 1 aromatic carbocycles. The van der Waals surface area contributed by atoms with Gasteiger partial charge >= 0.3 is 5.97 Å². The Morgan fingerprint density at radius 1 is 1.36 bits per heavy atom. The minimum absolute atomic E-state index is 0.182. The summed E-state index contributed by atoms with van der Waals surface area (Å²) in [5, 5.41) is 12.6. The standard InChI is InChI=1S/C20H28N2O3/c1-25-19-7-3-2-5-16(19)6-4-10-21-17-11-18(12-17)22(14-20(23)24)13-15-8-9-15/h2-7,15,17-18,21H,8-14H2,1H3,(H,23,24)/b6-4+. The van der Waals surface area contributed by atoms with Gasteiger partial charge in [-0.05, 0) is 37.7 Å². The zero-order valence-corrected chi connectivity index (χ0v) is 14.9. The van der Waals surface area contributed by atoms with E-state index in [1.807, 2.05) is 24.3 Å². The predicted molar refractivity (Wildman–Crippen MR) is 98.8 cm³/mol. The number of nitrogens with zero attached hydrogens (tertiary/aromatic N) is 1. The smallest absolute Gasteiger partial charge is 0.317 e. The molecule has 0 atom stereocenters. The fraction of sp³-hybridized carbons (Fsp3) is 0.550. The Balaban J connectivity index is 1.39. The van der Waals surface area contributed by atoms with Gasteiger partial charge in [-0.25, -0.2) is 0 Å². The van der Waals surface area contributed by atoms with Crippen LogP contribution in [0.1, 0.15) is 31.2 Å². The van der Waals surface area contributed by atoms with Crippen LogP contribution in [0.5, 0.6) is 5.75 Å². The highest BCUT2D eigenvalue weighted by molar-refractivity contribution is 5.69. The summed E-state index contributed by atoms with van der Waals surface area (Å²) < 4.78 is 5.34. The van der Waals surface area contributed by atoms with Gasteiger partial charge in [-0.1, -0.05) is 30.4 Å². The predicted octanol–water partition coefficient (Wildman–Crippen LogP) is 2.63. The maximum absolute atomic E-state index is 11.1. The summed E-state index contributed by atoms with van der Waals surface area (Å²) in [4.78, 5) is 13.2. The molecule has 2 aliphatic carbocycles. The van der Waals surface area contributed by atoms with Crippen LogP contribution in [0.4, 0.5) is 0 Å². The van der Waals surface area contributed by atoms with Gasteiger partial charge in [0.25, 0.3) is 0 Å². The first-order valence-electron chi connectivity index (χ1n) is 9.14. The summed E-state index contributed by atoms with van der Waals surface area (Å²) in [6.45, 7) is 1.95. The number of carbonyl (C=O) groups is 1. The normalized spacial score (nSPS) is 23.0. The molecule has 2 aliphatic rings. The lowest BCUT2D eigenvalue weighted by Gasteiger charge is -2.42. The Kier molecular flexibility index (Phi) is 6.10. The second kappa shape index (κ2) is 8.50. The molecule has 136 valence electrons.